The summed E-state index contributed by atoms with van der Waals surface area (Å²) < 4.78 is 5.12. The second kappa shape index (κ2) is 3.73. The summed E-state index contributed by atoms with van der Waals surface area (Å²) in [5, 5.41) is 2.56. The van der Waals surface area contributed by atoms with Gasteiger partial charge in [-0.15, -0.1) is 0 Å². The van der Waals surface area contributed by atoms with Crippen molar-refractivity contribution in [2.75, 3.05) is 0 Å². The zero-order valence-corrected chi connectivity index (χ0v) is 9.52. The van der Waals surface area contributed by atoms with Crippen LogP contribution in [0.5, 0.6) is 0 Å². The van der Waals surface area contributed by atoms with Crippen LogP contribution < -0.4 is 5.32 Å². The summed E-state index contributed by atoms with van der Waals surface area (Å²) in [6.45, 7) is 3.29. The first kappa shape index (κ1) is 11.4. The molecule has 90 valence electrons. The molecule has 6 heteroatoms. The molecule has 3 amide bonds. The van der Waals surface area contributed by atoms with Crippen LogP contribution in [0.1, 0.15) is 30.2 Å². The molecule has 1 aliphatic rings. The fourth-order valence-corrected chi connectivity index (χ4v) is 1.66. The zero-order valence-electron chi connectivity index (χ0n) is 9.52. The molecule has 17 heavy (non-hydrogen) atoms. The van der Waals surface area contributed by atoms with E-state index >= 15 is 0 Å². The van der Waals surface area contributed by atoms with E-state index in [1.807, 2.05) is 0 Å². The van der Waals surface area contributed by atoms with Crippen molar-refractivity contribution in [3.05, 3.63) is 23.7 Å². The van der Waals surface area contributed by atoms with Crippen molar-refractivity contribution in [3.63, 3.8) is 0 Å². The molecule has 2 heterocycles. The van der Waals surface area contributed by atoms with E-state index in [1.54, 1.807) is 19.9 Å². The highest BCUT2D eigenvalue weighted by Crippen LogP contribution is 2.19. The van der Waals surface area contributed by atoms with E-state index in [2.05, 4.69) is 5.32 Å². The summed E-state index contributed by atoms with van der Waals surface area (Å²) in [4.78, 5) is 34.9. The minimum absolute atomic E-state index is 0.0297. The Morgan fingerprint density at radius 3 is 2.59 bits per heavy atom. The van der Waals surface area contributed by atoms with Crippen molar-refractivity contribution >= 4 is 18.2 Å². The molecule has 0 aliphatic carbocycles. The van der Waals surface area contributed by atoms with Crippen LogP contribution in [-0.4, -0.2) is 28.7 Å². The number of furan rings is 1. The fourth-order valence-electron chi connectivity index (χ4n) is 1.66. The molecule has 0 unspecified atom stereocenters. The summed E-state index contributed by atoms with van der Waals surface area (Å²) in [5.41, 5.74) is -0.892. The maximum atomic E-state index is 11.8. The monoisotopic (exact) mass is 236 g/mol. The van der Waals surface area contributed by atoms with Gasteiger partial charge in [0.1, 0.15) is 11.3 Å². The first-order chi connectivity index (χ1) is 7.94. The topological polar surface area (TPSA) is 79.6 Å². The number of hydrogen-bond acceptors (Lipinski definition) is 4. The van der Waals surface area contributed by atoms with Crippen LogP contribution in [0.4, 0.5) is 4.79 Å². The van der Waals surface area contributed by atoms with E-state index in [9.17, 15) is 14.4 Å². The second-order valence-electron chi connectivity index (χ2n) is 4.37. The van der Waals surface area contributed by atoms with Gasteiger partial charge in [0.15, 0.2) is 12.0 Å². The van der Waals surface area contributed by atoms with Gasteiger partial charge in [0.25, 0.3) is 5.91 Å². The van der Waals surface area contributed by atoms with Crippen molar-refractivity contribution in [2.24, 2.45) is 0 Å². The Hall–Kier alpha value is -2.11. The molecule has 1 saturated heterocycles. The summed E-state index contributed by atoms with van der Waals surface area (Å²) in [6, 6.07) is 2.60. The predicted octanol–water partition coefficient (Wildman–Crippen LogP) is 0.923. The first-order valence-electron chi connectivity index (χ1n) is 5.12. The number of imide groups is 1. The second-order valence-corrected chi connectivity index (χ2v) is 4.37. The van der Waals surface area contributed by atoms with Gasteiger partial charge in [-0.25, -0.2) is 4.79 Å². The van der Waals surface area contributed by atoms with E-state index in [0.717, 1.165) is 4.90 Å². The number of aldehydes is 1. The SMILES string of the molecule is CC1(C)NC(=O)N(Cc2ccc(C=O)o2)C1=O. The Morgan fingerprint density at radius 1 is 1.41 bits per heavy atom. The molecule has 1 N–H and O–H groups in total. The van der Waals surface area contributed by atoms with Gasteiger partial charge < -0.3 is 9.73 Å². The third-order valence-electron chi connectivity index (χ3n) is 2.56. The Balaban J connectivity index is 2.16. The highest BCUT2D eigenvalue weighted by Gasteiger charge is 2.44. The smallest absolute Gasteiger partial charge is 0.325 e. The quantitative estimate of drug-likeness (QED) is 0.625. The normalized spacial score (nSPS) is 18.4. The number of amides is 3. The molecule has 0 aromatic carbocycles. The summed E-state index contributed by atoms with van der Waals surface area (Å²) in [6.07, 6.45) is 0.569. The zero-order chi connectivity index (χ0) is 12.6. The fraction of sp³-hybridized carbons (Fsp3) is 0.364. The number of nitrogens with one attached hydrogen (secondary N) is 1. The molecular formula is C11H12N2O4. The van der Waals surface area contributed by atoms with Crippen LogP contribution in [0.2, 0.25) is 0 Å². The standard InChI is InChI=1S/C11H12N2O4/c1-11(2)9(15)13(10(16)12-11)5-7-3-4-8(6-14)17-7/h3-4,6H,5H2,1-2H3,(H,12,16). The van der Waals surface area contributed by atoms with E-state index in [4.69, 9.17) is 4.42 Å². The van der Waals surface area contributed by atoms with E-state index < -0.39 is 11.6 Å². The van der Waals surface area contributed by atoms with Crippen molar-refractivity contribution < 1.29 is 18.8 Å². The highest BCUT2D eigenvalue weighted by atomic mass is 16.3. The minimum Gasteiger partial charge on any atom is -0.456 e. The van der Waals surface area contributed by atoms with Crippen LogP contribution in [0.15, 0.2) is 16.5 Å². The van der Waals surface area contributed by atoms with Crippen LogP contribution in [0.25, 0.3) is 0 Å². The van der Waals surface area contributed by atoms with Gasteiger partial charge in [0, 0.05) is 0 Å². The number of carbonyl (C=O) groups excluding carboxylic acids is 3. The summed E-state index contributed by atoms with van der Waals surface area (Å²) >= 11 is 0. The van der Waals surface area contributed by atoms with Crippen molar-refractivity contribution in [3.8, 4) is 0 Å². The third-order valence-corrected chi connectivity index (χ3v) is 2.56. The molecule has 2 rings (SSSR count). The first-order valence-corrected chi connectivity index (χ1v) is 5.12. The number of urea groups is 1. The average Bonchev–Trinajstić information content (AvgIpc) is 2.78. The lowest BCUT2D eigenvalue weighted by atomic mass is 10.1. The summed E-state index contributed by atoms with van der Waals surface area (Å²) in [7, 11) is 0. The van der Waals surface area contributed by atoms with Crippen molar-refractivity contribution in [1.82, 2.24) is 10.2 Å². The lowest BCUT2D eigenvalue weighted by Gasteiger charge is -2.14. The van der Waals surface area contributed by atoms with Gasteiger partial charge in [0.05, 0.1) is 6.54 Å². The van der Waals surface area contributed by atoms with Gasteiger partial charge in [-0.1, -0.05) is 0 Å². The molecule has 1 aliphatic heterocycles. The Bertz CT molecular complexity index is 489. The minimum atomic E-state index is -0.892. The molecular weight excluding hydrogens is 224 g/mol. The summed E-state index contributed by atoms with van der Waals surface area (Å²) in [5.74, 6) is 0.256. The number of rotatable bonds is 3. The molecule has 0 radical (unpaired) electrons. The maximum Gasteiger partial charge on any atom is 0.325 e. The predicted molar refractivity (Wildman–Crippen MR) is 57.3 cm³/mol. The number of carbonyl (C=O) groups is 3. The number of nitrogens with zero attached hydrogens (tertiary/aromatic N) is 1. The van der Waals surface area contributed by atoms with Gasteiger partial charge in [-0.3, -0.25) is 14.5 Å². The highest BCUT2D eigenvalue weighted by molar-refractivity contribution is 6.06. The van der Waals surface area contributed by atoms with Crippen molar-refractivity contribution in [2.45, 2.75) is 25.9 Å². The molecule has 1 aromatic heterocycles. The molecule has 0 bridgehead atoms. The van der Waals surface area contributed by atoms with E-state index in [-0.39, 0.29) is 18.2 Å². The molecule has 1 fully saturated rings. The van der Waals surface area contributed by atoms with Gasteiger partial charge in [-0.05, 0) is 26.0 Å². The van der Waals surface area contributed by atoms with Gasteiger partial charge in [0.2, 0.25) is 0 Å². The van der Waals surface area contributed by atoms with E-state index in [1.165, 1.54) is 6.07 Å². The Kier molecular flexibility index (Phi) is 2.49. The lowest BCUT2D eigenvalue weighted by molar-refractivity contribution is -0.130. The average molecular weight is 236 g/mol. The third kappa shape index (κ3) is 1.93. The number of hydrogen-bond donors (Lipinski definition) is 1. The molecule has 0 spiro atoms. The molecule has 1 aromatic rings. The van der Waals surface area contributed by atoms with Crippen LogP contribution in [-0.2, 0) is 11.3 Å². The maximum absolute atomic E-state index is 11.8. The van der Waals surface area contributed by atoms with Gasteiger partial charge >= 0.3 is 6.03 Å². The van der Waals surface area contributed by atoms with Gasteiger partial charge in [-0.2, -0.15) is 0 Å². The molecule has 0 atom stereocenters. The van der Waals surface area contributed by atoms with Crippen molar-refractivity contribution in [1.29, 1.82) is 0 Å². The van der Waals surface area contributed by atoms with Crippen LogP contribution in [0.3, 0.4) is 0 Å². The molecule has 6 nitrogen and oxygen atoms in total. The Labute approximate surface area is 97.6 Å². The largest absolute Gasteiger partial charge is 0.456 e. The Morgan fingerprint density at radius 2 is 2.12 bits per heavy atom. The van der Waals surface area contributed by atoms with E-state index in [0.29, 0.717) is 12.0 Å². The lowest BCUT2D eigenvalue weighted by Crippen LogP contribution is -2.40. The van der Waals surface area contributed by atoms with Crippen LogP contribution >= 0.6 is 0 Å². The molecule has 0 saturated carbocycles. The van der Waals surface area contributed by atoms with Crippen LogP contribution in [0, 0.1) is 0 Å².